The number of nitrogens with zero attached hydrogens (tertiary/aromatic N) is 2. The monoisotopic (exact) mass is 380 g/mol. The van der Waals surface area contributed by atoms with Crippen LogP contribution >= 0.6 is 11.3 Å². The Morgan fingerprint density at radius 3 is 2.35 bits per heavy atom. The van der Waals surface area contributed by atoms with Crippen LogP contribution < -0.4 is 0 Å². The highest BCUT2D eigenvalue weighted by molar-refractivity contribution is 7.10. The van der Waals surface area contributed by atoms with Gasteiger partial charge < -0.3 is 4.90 Å². The second-order valence-corrected chi connectivity index (χ2v) is 7.12. The minimum absolute atomic E-state index is 0.00687. The molecule has 0 atom stereocenters. The van der Waals surface area contributed by atoms with Crippen molar-refractivity contribution in [2.24, 2.45) is 0 Å². The van der Waals surface area contributed by atoms with Gasteiger partial charge >= 0.3 is 6.18 Å². The van der Waals surface area contributed by atoms with Crippen molar-refractivity contribution in [3.8, 4) is 0 Å². The SMILES string of the molecule is O=C(C=Cc1cccs1)N1CCN(Cc2ccc(C(F)(F)F)cc2)CC1. The van der Waals surface area contributed by atoms with E-state index >= 15 is 0 Å². The van der Waals surface area contributed by atoms with E-state index < -0.39 is 11.7 Å². The van der Waals surface area contributed by atoms with Crippen molar-refractivity contribution < 1.29 is 18.0 Å². The molecule has 0 aliphatic carbocycles. The van der Waals surface area contributed by atoms with Crippen molar-refractivity contribution >= 4 is 23.3 Å². The first-order chi connectivity index (χ1) is 12.4. The third-order valence-electron chi connectivity index (χ3n) is 4.30. The molecule has 3 nitrogen and oxygen atoms in total. The van der Waals surface area contributed by atoms with Gasteiger partial charge in [0, 0.05) is 43.7 Å². The molecule has 0 N–H and O–H groups in total. The highest BCUT2D eigenvalue weighted by Crippen LogP contribution is 2.29. The van der Waals surface area contributed by atoms with Crippen LogP contribution in [0.1, 0.15) is 16.0 Å². The van der Waals surface area contributed by atoms with Gasteiger partial charge in [-0.2, -0.15) is 13.2 Å². The molecule has 1 aromatic heterocycles. The molecule has 0 radical (unpaired) electrons. The number of thiophene rings is 1. The van der Waals surface area contributed by atoms with E-state index in [0.29, 0.717) is 32.7 Å². The summed E-state index contributed by atoms with van der Waals surface area (Å²) in [4.78, 5) is 17.2. The molecule has 7 heteroatoms. The topological polar surface area (TPSA) is 23.6 Å². The maximum Gasteiger partial charge on any atom is 0.416 e. The standard InChI is InChI=1S/C19H19F3N2OS/c20-19(21,22)16-5-3-15(4-6-16)14-23-9-11-24(12-10-23)18(25)8-7-17-2-1-13-26-17/h1-8,13H,9-12,14H2. The molecule has 2 aromatic rings. The zero-order chi connectivity index (χ0) is 18.6. The minimum Gasteiger partial charge on any atom is -0.337 e. The summed E-state index contributed by atoms with van der Waals surface area (Å²) in [6.45, 7) is 3.24. The Hall–Kier alpha value is -2.12. The van der Waals surface area contributed by atoms with Crippen molar-refractivity contribution in [1.82, 2.24) is 9.80 Å². The molecule has 0 bridgehead atoms. The van der Waals surface area contributed by atoms with Crippen LogP contribution in [0.5, 0.6) is 0 Å². The van der Waals surface area contributed by atoms with E-state index in [9.17, 15) is 18.0 Å². The van der Waals surface area contributed by atoms with Gasteiger partial charge in [0.2, 0.25) is 5.91 Å². The summed E-state index contributed by atoms with van der Waals surface area (Å²) in [5.74, 6) is -0.00687. The Labute approximate surface area is 154 Å². The molecule has 1 saturated heterocycles. The van der Waals surface area contributed by atoms with Crippen molar-refractivity contribution in [3.05, 3.63) is 63.9 Å². The number of alkyl halides is 3. The van der Waals surface area contributed by atoms with Gasteiger partial charge in [-0.15, -0.1) is 11.3 Å². The molecule has 1 aliphatic rings. The molecule has 1 aliphatic heterocycles. The molecule has 3 rings (SSSR count). The fourth-order valence-corrected chi connectivity index (χ4v) is 3.45. The number of rotatable bonds is 4. The third kappa shape index (κ3) is 4.95. The van der Waals surface area contributed by atoms with Crippen molar-refractivity contribution in [3.63, 3.8) is 0 Å². The van der Waals surface area contributed by atoms with E-state index in [1.54, 1.807) is 22.3 Å². The van der Waals surface area contributed by atoms with Gasteiger partial charge in [-0.3, -0.25) is 9.69 Å². The summed E-state index contributed by atoms with van der Waals surface area (Å²) in [6.07, 6.45) is -0.889. The average molecular weight is 380 g/mol. The maximum absolute atomic E-state index is 12.6. The highest BCUT2D eigenvalue weighted by atomic mass is 32.1. The summed E-state index contributed by atoms with van der Waals surface area (Å²) >= 11 is 1.58. The lowest BCUT2D eigenvalue weighted by Gasteiger charge is -2.34. The Kier molecular flexibility index (Phi) is 5.78. The van der Waals surface area contributed by atoms with E-state index in [1.165, 1.54) is 12.1 Å². The Morgan fingerprint density at radius 2 is 1.77 bits per heavy atom. The van der Waals surface area contributed by atoms with Gasteiger partial charge in [-0.1, -0.05) is 18.2 Å². The number of benzene rings is 1. The van der Waals surface area contributed by atoms with Gasteiger partial charge in [-0.25, -0.2) is 0 Å². The highest BCUT2D eigenvalue weighted by Gasteiger charge is 2.30. The zero-order valence-corrected chi connectivity index (χ0v) is 14.9. The normalized spacial score (nSPS) is 16.3. The molecule has 26 heavy (non-hydrogen) atoms. The van der Waals surface area contributed by atoms with E-state index in [1.807, 2.05) is 23.6 Å². The average Bonchev–Trinajstić information content (AvgIpc) is 3.13. The lowest BCUT2D eigenvalue weighted by atomic mass is 10.1. The van der Waals surface area contributed by atoms with Crippen LogP contribution in [0.4, 0.5) is 13.2 Å². The lowest BCUT2D eigenvalue weighted by Crippen LogP contribution is -2.47. The van der Waals surface area contributed by atoms with E-state index in [0.717, 1.165) is 22.6 Å². The lowest BCUT2D eigenvalue weighted by molar-refractivity contribution is -0.137. The molecule has 1 fully saturated rings. The predicted octanol–water partition coefficient (Wildman–Crippen LogP) is 4.12. The third-order valence-corrected chi connectivity index (χ3v) is 5.14. The maximum atomic E-state index is 12.6. The molecule has 0 saturated carbocycles. The predicted molar refractivity (Wildman–Crippen MR) is 96.7 cm³/mol. The summed E-state index contributed by atoms with van der Waals surface area (Å²) < 4.78 is 37.8. The Bertz CT molecular complexity index is 746. The quantitative estimate of drug-likeness (QED) is 0.745. The van der Waals surface area contributed by atoms with Crippen LogP contribution in [0.15, 0.2) is 47.9 Å². The van der Waals surface area contributed by atoms with Gasteiger partial charge in [0.1, 0.15) is 0 Å². The largest absolute Gasteiger partial charge is 0.416 e. The zero-order valence-electron chi connectivity index (χ0n) is 14.1. The van der Waals surface area contributed by atoms with Crippen LogP contribution in [0.2, 0.25) is 0 Å². The van der Waals surface area contributed by atoms with Crippen molar-refractivity contribution in [2.75, 3.05) is 26.2 Å². The van der Waals surface area contributed by atoms with Crippen molar-refractivity contribution in [1.29, 1.82) is 0 Å². The first kappa shape index (κ1) is 18.7. The first-order valence-corrected chi connectivity index (χ1v) is 9.19. The minimum atomic E-state index is -4.30. The molecule has 0 spiro atoms. The molecular formula is C19H19F3N2OS. The number of carbonyl (C=O) groups is 1. The smallest absolute Gasteiger partial charge is 0.337 e. The molecule has 1 aromatic carbocycles. The molecule has 2 heterocycles. The van der Waals surface area contributed by atoms with Crippen molar-refractivity contribution in [2.45, 2.75) is 12.7 Å². The second kappa shape index (κ2) is 8.05. The van der Waals surface area contributed by atoms with Gasteiger partial charge in [-0.05, 0) is 35.2 Å². The van der Waals surface area contributed by atoms with E-state index in [4.69, 9.17) is 0 Å². The summed E-state index contributed by atoms with van der Waals surface area (Å²) in [5, 5.41) is 1.96. The van der Waals surface area contributed by atoms with Crippen LogP contribution in [-0.2, 0) is 17.5 Å². The molecular weight excluding hydrogens is 361 g/mol. The molecule has 1 amide bonds. The van der Waals surface area contributed by atoms with Gasteiger partial charge in [0.05, 0.1) is 5.56 Å². The van der Waals surface area contributed by atoms with E-state index in [2.05, 4.69) is 4.90 Å². The fourth-order valence-electron chi connectivity index (χ4n) is 2.83. The van der Waals surface area contributed by atoms with E-state index in [-0.39, 0.29) is 5.91 Å². The number of hydrogen-bond donors (Lipinski definition) is 0. The fraction of sp³-hybridized carbons (Fsp3) is 0.316. The summed E-state index contributed by atoms with van der Waals surface area (Å²) in [6, 6.07) is 9.16. The Morgan fingerprint density at radius 1 is 1.08 bits per heavy atom. The number of piperazine rings is 1. The second-order valence-electron chi connectivity index (χ2n) is 6.14. The van der Waals surface area contributed by atoms with Gasteiger partial charge in [0.15, 0.2) is 0 Å². The number of hydrogen-bond acceptors (Lipinski definition) is 3. The summed E-state index contributed by atoms with van der Waals surface area (Å²) in [7, 11) is 0. The summed E-state index contributed by atoms with van der Waals surface area (Å²) in [5.41, 5.74) is 0.213. The molecule has 138 valence electrons. The van der Waals surface area contributed by atoms with Crippen LogP contribution in [-0.4, -0.2) is 41.9 Å². The number of amides is 1. The van der Waals surface area contributed by atoms with Crippen LogP contribution in [0, 0.1) is 0 Å². The van der Waals surface area contributed by atoms with Gasteiger partial charge in [0.25, 0.3) is 0 Å². The van der Waals surface area contributed by atoms with Crippen LogP contribution in [0.25, 0.3) is 6.08 Å². The number of carbonyl (C=O) groups excluding carboxylic acids is 1. The Balaban J connectivity index is 1.48. The number of halogens is 3. The first-order valence-electron chi connectivity index (χ1n) is 8.31. The van der Waals surface area contributed by atoms with Crippen LogP contribution in [0.3, 0.4) is 0 Å². The molecule has 0 unspecified atom stereocenters.